The van der Waals surface area contributed by atoms with Gasteiger partial charge in [0.15, 0.2) is 0 Å². The number of halogens is 1. The van der Waals surface area contributed by atoms with E-state index in [2.05, 4.69) is 35.3 Å². The quantitative estimate of drug-likeness (QED) is 0.566. The largest absolute Gasteiger partial charge is 0.396 e. The molecule has 0 spiro atoms. The molecule has 1 aromatic carbocycles. The van der Waals surface area contributed by atoms with Gasteiger partial charge in [-0.15, -0.1) is 17.0 Å². The van der Waals surface area contributed by atoms with Gasteiger partial charge in [0.2, 0.25) is 0 Å². The van der Waals surface area contributed by atoms with Crippen LogP contribution in [0.4, 0.5) is 0 Å². The summed E-state index contributed by atoms with van der Waals surface area (Å²) in [5.41, 5.74) is 1.25. The average molecular weight is 366 g/mol. The van der Waals surface area contributed by atoms with Crippen molar-refractivity contribution in [2.24, 2.45) is 0 Å². The SMILES string of the molecule is Br.OCCCCCCCCCCc1nccc2ccccc12. The molecule has 0 aliphatic heterocycles. The highest BCUT2D eigenvalue weighted by molar-refractivity contribution is 8.93. The van der Waals surface area contributed by atoms with E-state index in [1.165, 1.54) is 61.4 Å². The summed E-state index contributed by atoms with van der Waals surface area (Å²) in [5.74, 6) is 0. The molecule has 0 atom stereocenters. The molecule has 1 N–H and O–H groups in total. The molecule has 1 heterocycles. The summed E-state index contributed by atoms with van der Waals surface area (Å²) >= 11 is 0. The first-order valence-corrected chi connectivity index (χ1v) is 8.35. The molecular formula is C19H28BrNO. The minimum absolute atomic E-state index is 0. The van der Waals surface area contributed by atoms with Gasteiger partial charge >= 0.3 is 0 Å². The molecule has 0 saturated heterocycles. The van der Waals surface area contributed by atoms with Crippen molar-refractivity contribution in [1.29, 1.82) is 0 Å². The molecule has 3 heteroatoms. The highest BCUT2D eigenvalue weighted by atomic mass is 79.9. The third-order valence-electron chi connectivity index (χ3n) is 4.08. The van der Waals surface area contributed by atoms with E-state index in [1.807, 2.05) is 6.20 Å². The van der Waals surface area contributed by atoms with Crippen LogP contribution in [0, 0.1) is 0 Å². The lowest BCUT2D eigenvalue weighted by molar-refractivity contribution is 0.282. The van der Waals surface area contributed by atoms with Crippen molar-refractivity contribution in [3.05, 3.63) is 42.2 Å². The van der Waals surface area contributed by atoms with Gasteiger partial charge in [0.1, 0.15) is 0 Å². The van der Waals surface area contributed by atoms with Crippen molar-refractivity contribution in [3.63, 3.8) is 0 Å². The lowest BCUT2D eigenvalue weighted by Crippen LogP contribution is -1.92. The van der Waals surface area contributed by atoms with Crippen molar-refractivity contribution < 1.29 is 5.11 Å². The number of aliphatic hydroxyl groups is 1. The fourth-order valence-electron chi connectivity index (χ4n) is 2.85. The Bertz CT molecular complexity index is 524. The molecule has 22 heavy (non-hydrogen) atoms. The van der Waals surface area contributed by atoms with E-state index >= 15 is 0 Å². The topological polar surface area (TPSA) is 33.1 Å². The molecule has 2 nitrogen and oxygen atoms in total. The van der Waals surface area contributed by atoms with Crippen molar-refractivity contribution in [2.45, 2.75) is 57.8 Å². The number of hydrogen-bond acceptors (Lipinski definition) is 2. The van der Waals surface area contributed by atoms with E-state index in [9.17, 15) is 0 Å². The molecule has 122 valence electrons. The van der Waals surface area contributed by atoms with Crippen LogP contribution in [0.5, 0.6) is 0 Å². The zero-order chi connectivity index (χ0) is 14.8. The Balaban J connectivity index is 0.00000242. The smallest absolute Gasteiger partial charge is 0.0481 e. The van der Waals surface area contributed by atoms with Gasteiger partial charge in [0.25, 0.3) is 0 Å². The summed E-state index contributed by atoms with van der Waals surface area (Å²) in [7, 11) is 0. The minimum atomic E-state index is 0. The summed E-state index contributed by atoms with van der Waals surface area (Å²) in [4.78, 5) is 4.55. The standard InChI is InChI=1S/C19H27NO.BrH/c21-16-10-6-4-2-1-3-5-7-13-19-18-12-9-8-11-17(18)14-15-20-19;/h8-9,11-12,14-15,21H,1-7,10,13,16H2;1H. The maximum Gasteiger partial charge on any atom is 0.0481 e. The molecule has 0 radical (unpaired) electrons. The van der Waals surface area contributed by atoms with Gasteiger partial charge in [-0.1, -0.05) is 62.8 Å². The Morgan fingerprint density at radius 1 is 0.773 bits per heavy atom. The number of unbranched alkanes of at least 4 members (excludes halogenated alkanes) is 7. The third kappa shape index (κ3) is 6.45. The first kappa shape index (κ1) is 19.1. The van der Waals surface area contributed by atoms with Gasteiger partial charge < -0.3 is 5.11 Å². The average Bonchev–Trinajstić information content (AvgIpc) is 2.53. The second-order valence-electron chi connectivity index (χ2n) is 5.78. The molecule has 0 aliphatic carbocycles. The number of aromatic nitrogens is 1. The second kappa shape index (κ2) is 11.6. The van der Waals surface area contributed by atoms with Crippen LogP contribution in [0.1, 0.15) is 57.1 Å². The third-order valence-corrected chi connectivity index (χ3v) is 4.08. The summed E-state index contributed by atoms with van der Waals surface area (Å²) in [6.45, 7) is 0.345. The lowest BCUT2D eigenvalue weighted by Gasteiger charge is -2.05. The van der Waals surface area contributed by atoms with Gasteiger partial charge in [-0.2, -0.15) is 0 Å². The molecule has 0 bridgehead atoms. The second-order valence-corrected chi connectivity index (χ2v) is 5.78. The Hall–Kier alpha value is -0.930. The lowest BCUT2D eigenvalue weighted by atomic mass is 10.0. The number of aliphatic hydroxyl groups excluding tert-OH is 1. The van der Waals surface area contributed by atoms with Crippen molar-refractivity contribution >= 4 is 27.8 Å². The fourth-order valence-corrected chi connectivity index (χ4v) is 2.85. The van der Waals surface area contributed by atoms with Gasteiger partial charge in [-0.05, 0) is 30.7 Å². The van der Waals surface area contributed by atoms with E-state index in [0.29, 0.717) is 6.61 Å². The van der Waals surface area contributed by atoms with Crippen LogP contribution in [0.2, 0.25) is 0 Å². The summed E-state index contributed by atoms with van der Waals surface area (Å²) in [5, 5.41) is 11.3. The van der Waals surface area contributed by atoms with Crippen LogP contribution < -0.4 is 0 Å². The van der Waals surface area contributed by atoms with E-state index in [0.717, 1.165) is 12.8 Å². The fraction of sp³-hybridized carbons (Fsp3) is 0.526. The zero-order valence-corrected chi connectivity index (χ0v) is 15.1. The first-order valence-electron chi connectivity index (χ1n) is 8.35. The number of aryl methyl sites for hydroxylation is 1. The van der Waals surface area contributed by atoms with E-state index in [1.54, 1.807) is 0 Å². The molecule has 2 aromatic rings. The van der Waals surface area contributed by atoms with Crippen LogP contribution in [0.15, 0.2) is 36.5 Å². The Morgan fingerprint density at radius 2 is 1.41 bits per heavy atom. The van der Waals surface area contributed by atoms with Gasteiger partial charge in [0, 0.05) is 23.9 Å². The Kier molecular flexibility index (Phi) is 10.1. The molecule has 2 rings (SSSR count). The van der Waals surface area contributed by atoms with Crippen LogP contribution in [0.3, 0.4) is 0 Å². The van der Waals surface area contributed by atoms with Gasteiger partial charge in [-0.3, -0.25) is 4.98 Å². The summed E-state index contributed by atoms with van der Waals surface area (Å²) in [6, 6.07) is 10.6. The van der Waals surface area contributed by atoms with Crippen molar-refractivity contribution in [3.8, 4) is 0 Å². The van der Waals surface area contributed by atoms with Gasteiger partial charge in [0.05, 0.1) is 0 Å². The number of rotatable bonds is 10. The molecule has 0 fully saturated rings. The summed E-state index contributed by atoms with van der Waals surface area (Å²) < 4.78 is 0. The highest BCUT2D eigenvalue weighted by Crippen LogP contribution is 2.18. The predicted octanol–water partition coefficient (Wildman–Crippen LogP) is 5.47. The molecule has 0 amide bonds. The van der Waals surface area contributed by atoms with Crippen LogP contribution in [0.25, 0.3) is 10.8 Å². The number of hydrogen-bond donors (Lipinski definition) is 1. The molecular weight excluding hydrogens is 338 g/mol. The first-order chi connectivity index (χ1) is 10.4. The molecule has 1 aromatic heterocycles. The Morgan fingerprint density at radius 3 is 2.14 bits per heavy atom. The zero-order valence-electron chi connectivity index (χ0n) is 13.3. The normalized spacial score (nSPS) is 10.6. The predicted molar refractivity (Wildman–Crippen MR) is 99.8 cm³/mol. The number of benzene rings is 1. The van der Waals surface area contributed by atoms with Crippen LogP contribution in [-0.4, -0.2) is 16.7 Å². The number of pyridine rings is 1. The minimum Gasteiger partial charge on any atom is -0.396 e. The van der Waals surface area contributed by atoms with Gasteiger partial charge in [-0.25, -0.2) is 0 Å². The Labute approximate surface area is 144 Å². The maximum atomic E-state index is 8.72. The van der Waals surface area contributed by atoms with Crippen molar-refractivity contribution in [2.75, 3.05) is 6.61 Å². The van der Waals surface area contributed by atoms with E-state index in [-0.39, 0.29) is 17.0 Å². The maximum absolute atomic E-state index is 8.72. The van der Waals surface area contributed by atoms with Crippen molar-refractivity contribution in [1.82, 2.24) is 4.98 Å². The molecule has 0 saturated carbocycles. The van der Waals surface area contributed by atoms with E-state index in [4.69, 9.17) is 5.11 Å². The molecule has 0 aliphatic rings. The number of nitrogens with zero attached hydrogens (tertiary/aromatic N) is 1. The monoisotopic (exact) mass is 365 g/mol. The van der Waals surface area contributed by atoms with E-state index < -0.39 is 0 Å². The highest BCUT2D eigenvalue weighted by Gasteiger charge is 2.01. The van der Waals surface area contributed by atoms with Crippen LogP contribution in [-0.2, 0) is 6.42 Å². The molecule has 0 unspecified atom stereocenters. The van der Waals surface area contributed by atoms with Crippen LogP contribution >= 0.6 is 17.0 Å². The summed E-state index contributed by atoms with van der Waals surface area (Å²) in [6.07, 6.45) is 12.9. The number of fused-ring (bicyclic) bond motifs is 1.